The number of anilines is 2. The van der Waals surface area contributed by atoms with Gasteiger partial charge in [-0.25, -0.2) is 8.42 Å². The summed E-state index contributed by atoms with van der Waals surface area (Å²) < 4.78 is 27.0. The summed E-state index contributed by atoms with van der Waals surface area (Å²) in [5, 5.41) is 6.38. The minimum absolute atomic E-state index is 0.0819. The van der Waals surface area contributed by atoms with Gasteiger partial charge in [-0.05, 0) is 24.6 Å². The molecule has 0 atom stereocenters. The van der Waals surface area contributed by atoms with E-state index in [2.05, 4.69) is 17.6 Å². The van der Waals surface area contributed by atoms with Crippen LogP contribution in [0, 0.1) is 0 Å². The highest BCUT2D eigenvalue weighted by Crippen LogP contribution is 2.27. The van der Waals surface area contributed by atoms with Crippen molar-refractivity contribution in [1.82, 2.24) is 9.21 Å². The summed E-state index contributed by atoms with van der Waals surface area (Å²) in [6.07, 6.45) is 2.07. The number of amides is 1. The Bertz CT molecular complexity index is 686. The number of nitrogens with zero attached hydrogens (tertiary/aromatic N) is 2. The smallest absolute Gasteiger partial charge is 0.243 e. The van der Waals surface area contributed by atoms with Gasteiger partial charge in [0.05, 0.1) is 22.8 Å². The van der Waals surface area contributed by atoms with Gasteiger partial charge in [0, 0.05) is 33.7 Å². The Balaban J connectivity index is 3.16. The summed E-state index contributed by atoms with van der Waals surface area (Å²) in [6.45, 7) is 7.46. The van der Waals surface area contributed by atoms with Crippen molar-refractivity contribution in [3.63, 3.8) is 0 Å². The van der Waals surface area contributed by atoms with Crippen molar-refractivity contribution < 1.29 is 13.2 Å². The Kier molecular flexibility index (Phi) is 8.87. The van der Waals surface area contributed by atoms with Crippen LogP contribution in [0.2, 0.25) is 0 Å². The molecular weight excluding hydrogens is 352 g/mol. The average molecular weight is 385 g/mol. The van der Waals surface area contributed by atoms with E-state index < -0.39 is 10.0 Å². The summed E-state index contributed by atoms with van der Waals surface area (Å²) >= 11 is 0. The van der Waals surface area contributed by atoms with Gasteiger partial charge in [0.1, 0.15) is 0 Å². The first kappa shape index (κ1) is 22.2. The van der Waals surface area contributed by atoms with Gasteiger partial charge in [0.15, 0.2) is 0 Å². The monoisotopic (exact) mass is 384 g/mol. The molecule has 8 heteroatoms. The second-order valence-corrected chi connectivity index (χ2v) is 8.16. The number of rotatable bonds is 11. The SMILES string of the molecule is CCCCNc1ccc(S(=O)(=O)N(CC)CC)cc1NCC(=O)N(C)C. The van der Waals surface area contributed by atoms with E-state index in [0.717, 1.165) is 25.1 Å². The van der Waals surface area contributed by atoms with Crippen molar-refractivity contribution in [2.24, 2.45) is 0 Å². The Morgan fingerprint density at radius 1 is 1.04 bits per heavy atom. The van der Waals surface area contributed by atoms with Crippen molar-refractivity contribution in [2.45, 2.75) is 38.5 Å². The minimum Gasteiger partial charge on any atom is -0.383 e. The first-order valence-corrected chi connectivity index (χ1v) is 10.5. The molecule has 0 heterocycles. The first-order chi connectivity index (χ1) is 12.3. The molecule has 1 amide bonds. The number of carbonyl (C=O) groups excluding carboxylic acids is 1. The predicted molar refractivity (Wildman–Crippen MR) is 107 cm³/mol. The molecule has 0 aliphatic carbocycles. The molecule has 0 spiro atoms. The molecule has 0 aliphatic rings. The van der Waals surface area contributed by atoms with E-state index in [4.69, 9.17) is 0 Å². The van der Waals surface area contributed by atoms with E-state index in [0.29, 0.717) is 18.8 Å². The molecule has 7 nitrogen and oxygen atoms in total. The Labute approximate surface area is 157 Å². The standard InChI is InChI=1S/C18H32N4O3S/c1-6-9-12-19-16-11-10-15(26(24,25)22(7-2)8-3)13-17(16)20-14-18(23)21(4)5/h10-11,13,19-20H,6-9,12,14H2,1-5H3. The highest BCUT2D eigenvalue weighted by atomic mass is 32.2. The lowest BCUT2D eigenvalue weighted by molar-refractivity contribution is -0.126. The van der Waals surface area contributed by atoms with Crippen LogP contribution >= 0.6 is 0 Å². The van der Waals surface area contributed by atoms with Gasteiger partial charge < -0.3 is 15.5 Å². The van der Waals surface area contributed by atoms with E-state index in [1.165, 1.54) is 9.21 Å². The first-order valence-electron chi connectivity index (χ1n) is 9.09. The van der Waals surface area contributed by atoms with E-state index >= 15 is 0 Å². The van der Waals surface area contributed by atoms with Gasteiger partial charge >= 0.3 is 0 Å². The lowest BCUT2D eigenvalue weighted by Crippen LogP contribution is -2.31. The van der Waals surface area contributed by atoms with E-state index in [-0.39, 0.29) is 17.3 Å². The molecule has 0 aromatic heterocycles. The predicted octanol–water partition coefficient (Wildman–Crippen LogP) is 2.43. The highest BCUT2D eigenvalue weighted by molar-refractivity contribution is 7.89. The maximum Gasteiger partial charge on any atom is 0.243 e. The largest absolute Gasteiger partial charge is 0.383 e. The summed E-state index contributed by atoms with van der Waals surface area (Å²) in [6, 6.07) is 4.97. The summed E-state index contributed by atoms with van der Waals surface area (Å²) in [4.78, 5) is 13.6. The lowest BCUT2D eigenvalue weighted by Gasteiger charge is -2.21. The van der Waals surface area contributed by atoms with Gasteiger partial charge in [0.25, 0.3) is 0 Å². The normalized spacial score (nSPS) is 11.5. The summed E-state index contributed by atoms with van der Waals surface area (Å²) in [5.41, 5.74) is 1.41. The number of hydrogen-bond acceptors (Lipinski definition) is 5. The maximum absolute atomic E-state index is 12.8. The van der Waals surface area contributed by atoms with Crippen LogP contribution in [0.5, 0.6) is 0 Å². The molecule has 2 N–H and O–H groups in total. The Hall–Kier alpha value is -1.80. The summed E-state index contributed by atoms with van der Waals surface area (Å²) in [5.74, 6) is -0.0819. The number of hydrogen-bond donors (Lipinski definition) is 2. The van der Waals surface area contributed by atoms with Crippen LogP contribution in [0.3, 0.4) is 0 Å². The van der Waals surface area contributed by atoms with Crippen LogP contribution in [0.25, 0.3) is 0 Å². The minimum atomic E-state index is -3.55. The second kappa shape index (κ2) is 10.4. The third kappa shape index (κ3) is 5.88. The zero-order valence-electron chi connectivity index (χ0n) is 16.5. The van der Waals surface area contributed by atoms with Gasteiger partial charge in [-0.3, -0.25) is 4.79 Å². The van der Waals surface area contributed by atoms with Crippen LogP contribution < -0.4 is 10.6 Å². The van der Waals surface area contributed by atoms with Crippen molar-refractivity contribution in [3.8, 4) is 0 Å². The Morgan fingerprint density at radius 2 is 1.69 bits per heavy atom. The summed E-state index contributed by atoms with van der Waals surface area (Å²) in [7, 11) is -0.178. The number of likely N-dealkylation sites (N-methyl/N-ethyl adjacent to an activating group) is 1. The third-order valence-electron chi connectivity index (χ3n) is 4.11. The average Bonchev–Trinajstić information content (AvgIpc) is 2.61. The lowest BCUT2D eigenvalue weighted by atomic mass is 10.2. The van der Waals surface area contributed by atoms with Gasteiger partial charge in [0.2, 0.25) is 15.9 Å². The highest BCUT2D eigenvalue weighted by Gasteiger charge is 2.22. The topological polar surface area (TPSA) is 81.8 Å². The number of carbonyl (C=O) groups is 1. The fourth-order valence-corrected chi connectivity index (χ4v) is 3.91. The molecule has 0 saturated heterocycles. The van der Waals surface area contributed by atoms with E-state index in [1.807, 2.05) is 13.8 Å². The van der Waals surface area contributed by atoms with Gasteiger partial charge in [-0.2, -0.15) is 4.31 Å². The van der Waals surface area contributed by atoms with Gasteiger partial charge in [-0.1, -0.05) is 27.2 Å². The van der Waals surface area contributed by atoms with Crippen LogP contribution in [-0.4, -0.2) is 63.8 Å². The molecule has 0 saturated carbocycles. The number of nitrogens with one attached hydrogen (secondary N) is 2. The molecule has 0 radical (unpaired) electrons. The molecule has 0 aliphatic heterocycles. The van der Waals surface area contributed by atoms with Crippen LogP contribution in [-0.2, 0) is 14.8 Å². The fourth-order valence-electron chi connectivity index (χ4n) is 2.43. The maximum atomic E-state index is 12.8. The van der Waals surface area contributed by atoms with Crippen LogP contribution in [0.4, 0.5) is 11.4 Å². The molecule has 148 valence electrons. The zero-order valence-corrected chi connectivity index (χ0v) is 17.3. The van der Waals surface area contributed by atoms with Crippen molar-refractivity contribution in [3.05, 3.63) is 18.2 Å². The third-order valence-corrected chi connectivity index (χ3v) is 6.15. The molecule has 1 rings (SSSR count). The zero-order chi connectivity index (χ0) is 19.7. The van der Waals surface area contributed by atoms with E-state index in [9.17, 15) is 13.2 Å². The van der Waals surface area contributed by atoms with Crippen LogP contribution in [0.1, 0.15) is 33.6 Å². The van der Waals surface area contributed by atoms with Crippen molar-refractivity contribution in [1.29, 1.82) is 0 Å². The number of sulfonamides is 1. The quantitative estimate of drug-likeness (QED) is 0.573. The molecular formula is C18H32N4O3S. The molecule has 1 aromatic carbocycles. The number of unbranched alkanes of at least 4 members (excludes halogenated alkanes) is 1. The Morgan fingerprint density at radius 3 is 2.23 bits per heavy atom. The van der Waals surface area contributed by atoms with E-state index in [1.54, 1.807) is 32.3 Å². The van der Waals surface area contributed by atoms with Crippen molar-refractivity contribution >= 4 is 27.3 Å². The molecule has 26 heavy (non-hydrogen) atoms. The molecule has 0 unspecified atom stereocenters. The van der Waals surface area contributed by atoms with Gasteiger partial charge in [-0.15, -0.1) is 0 Å². The van der Waals surface area contributed by atoms with Crippen molar-refractivity contribution in [2.75, 3.05) is 50.9 Å². The molecule has 1 aromatic rings. The molecule has 0 bridgehead atoms. The fraction of sp³-hybridized carbons (Fsp3) is 0.611. The molecule has 0 fully saturated rings. The second-order valence-electron chi connectivity index (χ2n) is 6.22. The number of benzene rings is 1. The van der Waals surface area contributed by atoms with Crippen LogP contribution in [0.15, 0.2) is 23.1 Å².